The smallest absolute Gasteiger partial charge is 0.271 e. The molecular formula is C20H18ClN3O2. The lowest BCUT2D eigenvalue weighted by molar-refractivity contribution is -0.384. The van der Waals surface area contributed by atoms with E-state index >= 15 is 0 Å². The SMILES string of the molecule is Cc1ccc(N=Cc2cc(C)n(-c3cccc([N+](=O)[O-])c3)c2C)cc1Cl. The van der Waals surface area contributed by atoms with Gasteiger partial charge in [0.05, 0.1) is 16.3 Å². The Hall–Kier alpha value is -2.92. The number of nitrogens with zero attached hydrogens (tertiary/aromatic N) is 3. The van der Waals surface area contributed by atoms with E-state index in [0.717, 1.165) is 33.9 Å². The van der Waals surface area contributed by atoms with Crippen molar-refractivity contribution in [2.45, 2.75) is 20.8 Å². The first-order valence-corrected chi connectivity index (χ1v) is 8.48. The van der Waals surface area contributed by atoms with E-state index < -0.39 is 0 Å². The number of nitro benzene ring substituents is 1. The highest BCUT2D eigenvalue weighted by Crippen LogP contribution is 2.25. The zero-order valence-corrected chi connectivity index (χ0v) is 15.5. The molecule has 0 unspecified atom stereocenters. The molecule has 6 heteroatoms. The largest absolute Gasteiger partial charge is 0.318 e. The lowest BCUT2D eigenvalue weighted by Gasteiger charge is -2.09. The fourth-order valence-corrected chi connectivity index (χ4v) is 3.04. The third-order valence-electron chi connectivity index (χ3n) is 4.28. The summed E-state index contributed by atoms with van der Waals surface area (Å²) in [5.74, 6) is 0. The van der Waals surface area contributed by atoms with Crippen LogP contribution in [0.4, 0.5) is 11.4 Å². The van der Waals surface area contributed by atoms with Gasteiger partial charge in [-0.15, -0.1) is 0 Å². The molecule has 0 bridgehead atoms. The van der Waals surface area contributed by atoms with Crippen LogP contribution in [0.15, 0.2) is 53.5 Å². The summed E-state index contributed by atoms with van der Waals surface area (Å²) in [6.07, 6.45) is 1.79. The van der Waals surface area contributed by atoms with Crippen molar-refractivity contribution in [3.63, 3.8) is 0 Å². The molecule has 0 saturated heterocycles. The number of rotatable bonds is 4. The molecule has 0 amide bonds. The molecule has 132 valence electrons. The summed E-state index contributed by atoms with van der Waals surface area (Å²) in [7, 11) is 0. The average molecular weight is 368 g/mol. The van der Waals surface area contributed by atoms with Crippen LogP contribution in [-0.4, -0.2) is 15.7 Å². The maximum atomic E-state index is 11.0. The topological polar surface area (TPSA) is 60.4 Å². The van der Waals surface area contributed by atoms with Crippen molar-refractivity contribution in [1.29, 1.82) is 0 Å². The molecule has 0 radical (unpaired) electrons. The predicted molar refractivity (Wildman–Crippen MR) is 105 cm³/mol. The first kappa shape index (κ1) is 17.9. The fourth-order valence-electron chi connectivity index (χ4n) is 2.87. The van der Waals surface area contributed by atoms with Crippen molar-refractivity contribution in [2.24, 2.45) is 4.99 Å². The van der Waals surface area contributed by atoms with Crippen molar-refractivity contribution >= 4 is 29.2 Å². The van der Waals surface area contributed by atoms with E-state index in [-0.39, 0.29) is 10.6 Å². The van der Waals surface area contributed by atoms with Gasteiger partial charge in [0.2, 0.25) is 0 Å². The molecule has 0 aliphatic heterocycles. The maximum absolute atomic E-state index is 11.0. The van der Waals surface area contributed by atoms with Gasteiger partial charge in [0, 0.05) is 40.3 Å². The number of aryl methyl sites for hydroxylation is 2. The number of hydrogen-bond donors (Lipinski definition) is 0. The highest BCUT2D eigenvalue weighted by Gasteiger charge is 2.12. The Morgan fingerprint density at radius 1 is 1.12 bits per heavy atom. The van der Waals surface area contributed by atoms with Crippen LogP contribution in [0.5, 0.6) is 0 Å². The van der Waals surface area contributed by atoms with Gasteiger partial charge in [-0.2, -0.15) is 0 Å². The molecule has 3 aromatic rings. The molecule has 0 aliphatic carbocycles. The molecule has 5 nitrogen and oxygen atoms in total. The molecule has 0 N–H and O–H groups in total. The van der Waals surface area contributed by atoms with Crippen LogP contribution < -0.4 is 0 Å². The summed E-state index contributed by atoms with van der Waals surface area (Å²) in [5.41, 5.74) is 5.50. The van der Waals surface area contributed by atoms with Crippen LogP contribution in [0.1, 0.15) is 22.5 Å². The fraction of sp³-hybridized carbons (Fsp3) is 0.150. The molecule has 0 aliphatic rings. The summed E-state index contributed by atoms with van der Waals surface area (Å²) >= 11 is 6.14. The Labute approximate surface area is 156 Å². The normalized spacial score (nSPS) is 11.2. The Bertz CT molecular complexity index is 1020. The molecule has 0 saturated carbocycles. The van der Waals surface area contributed by atoms with E-state index in [2.05, 4.69) is 4.99 Å². The van der Waals surface area contributed by atoms with E-state index in [0.29, 0.717) is 5.02 Å². The molecule has 0 spiro atoms. The quantitative estimate of drug-likeness (QED) is 0.336. The second-order valence-electron chi connectivity index (χ2n) is 6.13. The minimum atomic E-state index is -0.388. The highest BCUT2D eigenvalue weighted by molar-refractivity contribution is 6.31. The van der Waals surface area contributed by atoms with Gasteiger partial charge in [-0.05, 0) is 50.6 Å². The van der Waals surface area contributed by atoms with Crippen molar-refractivity contribution in [3.8, 4) is 5.69 Å². The Kier molecular flexibility index (Phi) is 4.91. The van der Waals surface area contributed by atoms with Crippen LogP contribution in [0.2, 0.25) is 5.02 Å². The molecule has 2 aromatic carbocycles. The van der Waals surface area contributed by atoms with E-state index in [1.807, 2.05) is 55.7 Å². The van der Waals surface area contributed by atoms with Crippen molar-refractivity contribution in [3.05, 3.63) is 86.2 Å². The van der Waals surface area contributed by atoms with Gasteiger partial charge in [0.15, 0.2) is 0 Å². The van der Waals surface area contributed by atoms with Crippen LogP contribution in [0.3, 0.4) is 0 Å². The number of aliphatic imine (C=N–C) groups is 1. The van der Waals surface area contributed by atoms with Gasteiger partial charge in [-0.1, -0.05) is 23.7 Å². The van der Waals surface area contributed by atoms with Crippen LogP contribution >= 0.6 is 11.6 Å². The van der Waals surface area contributed by atoms with Gasteiger partial charge in [0.25, 0.3) is 5.69 Å². The lowest BCUT2D eigenvalue weighted by Crippen LogP contribution is -2.00. The first-order valence-electron chi connectivity index (χ1n) is 8.11. The second kappa shape index (κ2) is 7.14. The molecular weight excluding hydrogens is 350 g/mol. The number of non-ortho nitro benzene ring substituents is 1. The van der Waals surface area contributed by atoms with Crippen molar-refractivity contribution in [1.82, 2.24) is 4.57 Å². The Morgan fingerprint density at radius 2 is 1.88 bits per heavy atom. The van der Waals surface area contributed by atoms with Gasteiger partial charge < -0.3 is 4.57 Å². The Morgan fingerprint density at radius 3 is 2.58 bits per heavy atom. The predicted octanol–water partition coefficient (Wildman–Crippen LogP) is 5.71. The highest BCUT2D eigenvalue weighted by atomic mass is 35.5. The lowest BCUT2D eigenvalue weighted by atomic mass is 10.2. The minimum absolute atomic E-state index is 0.0690. The van der Waals surface area contributed by atoms with E-state index in [1.165, 1.54) is 6.07 Å². The first-order chi connectivity index (χ1) is 12.4. The van der Waals surface area contributed by atoms with E-state index in [9.17, 15) is 10.1 Å². The molecule has 3 rings (SSSR count). The molecule has 0 atom stereocenters. The summed E-state index contributed by atoms with van der Waals surface area (Å²) in [5, 5.41) is 11.7. The molecule has 1 heterocycles. The molecule has 26 heavy (non-hydrogen) atoms. The van der Waals surface area contributed by atoms with Gasteiger partial charge in [-0.3, -0.25) is 15.1 Å². The average Bonchev–Trinajstić information content (AvgIpc) is 2.89. The van der Waals surface area contributed by atoms with Gasteiger partial charge in [-0.25, -0.2) is 0 Å². The third kappa shape index (κ3) is 3.53. The number of halogens is 1. The van der Waals surface area contributed by atoms with Gasteiger partial charge >= 0.3 is 0 Å². The van der Waals surface area contributed by atoms with E-state index in [1.54, 1.807) is 18.3 Å². The van der Waals surface area contributed by atoms with E-state index in [4.69, 9.17) is 11.6 Å². The number of nitro groups is 1. The van der Waals surface area contributed by atoms with Crippen molar-refractivity contribution < 1.29 is 4.92 Å². The van der Waals surface area contributed by atoms with Crippen LogP contribution in [0, 0.1) is 30.9 Å². The van der Waals surface area contributed by atoms with Crippen LogP contribution in [0.25, 0.3) is 5.69 Å². The Balaban J connectivity index is 1.98. The zero-order chi connectivity index (χ0) is 18.8. The third-order valence-corrected chi connectivity index (χ3v) is 4.68. The number of benzene rings is 2. The second-order valence-corrected chi connectivity index (χ2v) is 6.54. The summed E-state index contributed by atoms with van der Waals surface area (Å²) in [4.78, 5) is 15.1. The summed E-state index contributed by atoms with van der Waals surface area (Å²) in [6, 6.07) is 14.3. The van der Waals surface area contributed by atoms with Crippen molar-refractivity contribution in [2.75, 3.05) is 0 Å². The summed E-state index contributed by atoms with van der Waals surface area (Å²) < 4.78 is 1.98. The van der Waals surface area contributed by atoms with Gasteiger partial charge in [0.1, 0.15) is 0 Å². The standard InChI is InChI=1S/C20H18ClN3O2/c1-13-7-8-17(10-20(13)21)22-12-16-9-14(2)23(15(16)3)18-5-4-6-19(11-18)24(25)26/h4-12H,1-3H3. The molecule has 1 aromatic heterocycles. The number of hydrogen-bond acceptors (Lipinski definition) is 3. The van der Waals surface area contributed by atoms with Crippen LogP contribution in [-0.2, 0) is 0 Å². The maximum Gasteiger partial charge on any atom is 0.271 e. The number of aromatic nitrogens is 1. The monoisotopic (exact) mass is 367 g/mol. The molecule has 0 fully saturated rings. The summed E-state index contributed by atoms with van der Waals surface area (Å²) in [6.45, 7) is 5.88. The minimum Gasteiger partial charge on any atom is -0.318 e. The zero-order valence-electron chi connectivity index (χ0n) is 14.7.